The van der Waals surface area contributed by atoms with Gasteiger partial charge in [0.1, 0.15) is 0 Å². The molecule has 0 atom stereocenters. The average molecular weight is 315 g/mol. The van der Waals surface area contributed by atoms with Crippen LogP contribution in [0, 0.1) is 0 Å². The van der Waals surface area contributed by atoms with Crippen molar-refractivity contribution >= 4 is 11.6 Å². The Bertz CT molecular complexity index is 545. The molecule has 1 aliphatic heterocycles. The highest BCUT2D eigenvalue weighted by Gasteiger charge is 2.36. The van der Waals surface area contributed by atoms with E-state index in [9.17, 15) is 18.0 Å². The molecular formula is C15H20F3N3O. The van der Waals surface area contributed by atoms with Gasteiger partial charge in [-0.3, -0.25) is 4.79 Å². The number of alkyl halides is 3. The zero-order valence-electron chi connectivity index (χ0n) is 12.5. The first kappa shape index (κ1) is 16.6. The lowest BCUT2D eigenvalue weighted by molar-refractivity contribution is -0.138. The van der Waals surface area contributed by atoms with E-state index < -0.39 is 17.6 Å². The van der Waals surface area contributed by atoms with Crippen LogP contribution in [-0.4, -0.2) is 48.4 Å². The third kappa shape index (κ3) is 3.71. The SMILES string of the molecule is CCN1CCCN(C(=O)c2ccc(N)cc2C(F)(F)F)CC1. The van der Waals surface area contributed by atoms with E-state index in [4.69, 9.17) is 5.73 Å². The second kappa shape index (κ2) is 6.56. The van der Waals surface area contributed by atoms with Gasteiger partial charge in [0.15, 0.2) is 0 Å². The molecule has 1 aromatic rings. The molecule has 7 heteroatoms. The fraction of sp³-hybridized carbons (Fsp3) is 0.533. The molecule has 1 fully saturated rings. The summed E-state index contributed by atoms with van der Waals surface area (Å²) >= 11 is 0. The quantitative estimate of drug-likeness (QED) is 0.853. The van der Waals surface area contributed by atoms with Crippen LogP contribution in [0.15, 0.2) is 18.2 Å². The molecule has 1 heterocycles. The van der Waals surface area contributed by atoms with Crippen LogP contribution >= 0.6 is 0 Å². The van der Waals surface area contributed by atoms with Gasteiger partial charge in [-0.05, 0) is 37.7 Å². The van der Waals surface area contributed by atoms with E-state index in [2.05, 4.69) is 4.90 Å². The maximum Gasteiger partial charge on any atom is 0.417 e. The fourth-order valence-corrected chi connectivity index (χ4v) is 2.64. The van der Waals surface area contributed by atoms with Crippen molar-refractivity contribution in [1.29, 1.82) is 0 Å². The van der Waals surface area contributed by atoms with Gasteiger partial charge in [-0.25, -0.2) is 0 Å². The zero-order valence-corrected chi connectivity index (χ0v) is 12.5. The Labute approximate surface area is 127 Å². The van der Waals surface area contributed by atoms with Crippen LogP contribution in [0.4, 0.5) is 18.9 Å². The second-order valence-electron chi connectivity index (χ2n) is 5.38. The molecule has 0 aromatic heterocycles. The molecule has 1 saturated heterocycles. The molecular weight excluding hydrogens is 295 g/mol. The Hall–Kier alpha value is -1.76. The maximum absolute atomic E-state index is 13.1. The Kier molecular flexibility index (Phi) is 4.95. The number of nitrogens with zero attached hydrogens (tertiary/aromatic N) is 2. The van der Waals surface area contributed by atoms with Gasteiger partial charge in [0.25, 0.3) is 5.91 Å². The molecule has 0 bridgehead atoms. The van der Waals surface area contributed by atoms with Crippen LogP contribution in [0.25, 0.3) is 0 Å². The fourth-order valence-electron chi connectivity index (χ4n) is 2.64. The number of nitrogens with two attached hydrogens (primary N) is 1. The smallest absolute Gasteiger partial charge is 0.399 e. The molecule has 0 saturated carbocycles. The molecule has 0 spiro atoms. The molecule has 0 aliphatic carbocycles. The summed E-state index contributed by atoms with van der Waals surface area (Å²) in [6.45, 7) is 5.34. The normalized spacial score (nSPS) is 17.4. The molecule has 2 N–H and O–H groups in total. The number of likely N-dealkylation sites (N-methyl/N-ethyl adjacent to an activating group) is 1. The Morgan fingerprint density at radius 2 is 1.95 bits per heavy atom. The number of amides is 1. The molecule has 1 aliphatic rings. The van der Waals surface area contributed by atoms with E-state index >= 15 is 0 Å². The highest BCUT2D eigenvalue weighted by atomic mass is 19.4. The van der Waals surface area contributed by atoms with Crippen LogP contribution in [0.2, 0.25) is 0 Å². The molecule has 0 unspecified atom stereocenters. The first-order valence-corrected chi connectivity index (χ1v) is 7.31. The molecule has 1 aromatic carbocycles. The van der Waals surface area contributed by atoms with Gasteiger partial charge >= 0.3 is 6.18 Å². The van der Waals surface area contributed by atoms with Gasteiger partial charge < -0.3 is 15.5 Å². The van der Waals surface area contributed by atoms with Crippen molar-refractivity contribution in [2.75, 3.05) is 38.5 Å². The van der Waals surface area contributed by atoms with E-state index in [0.717, 1.165) is 25.6 Å². The van der Waals surface area contributed by atoms with Crippen molar-refractivity contribution < 1.29 is 18.0 Å². The van der Waals surface area contributed by atoms with Crippen molar-refractivity contribution in [1.82, 2.24) is 9.80 Å². The Morgan fingerprint density at radius 1 is 1.23 bits per heavy atom. The number of hydrogen-bond acceptors (Lipinski definition) is 3. The van der Waals surface area contributed by atoms with E-state index in [1.807, 2.05) is 6.92 Å². The average Bonchev–Trinajstić information content (AvgIpc) is 2.71. The standard InChI is InChI=1S/C15H20F3N3O/c1-2-20-6-3-7-21(9-8-20)14(22)12-5-4-11(19)10-13(12)15(16,17)18/h4-5,10H,2-3,6-9,19H2,1H3. The molecule has 4 nitrogen and oxygen atoms in total. The summed E-state index contributed by atoms with van der Waals surface area (Å²) in [5.74, 6) is -0.578. The lowest BCUT2D eigenvalue weighted by Crippen LogP contribution is -2.36. The highest BCUT2D eigenvalue weighted by molar-refractivity contribution is 5.96. The van der Waals surface area contributed by atoms with Crippen molar-refractivity contribution in [3.63, 3.8) is 0 Å². The second-order valence-corrected chi connectivity index (χ2v) is 5.38. The number of nitrogen functional groups attached to an aromatic ring is 1. The van der Waals surface area contributed by atoms with Crippen molar-refractivity contribution in [3.05, 3.63) is 29.3 Å². The number of carbonyl (C=O) groups is 1. The van der Waals surface area contributed by atoms with Gasteiger partial charge in [0.2, 0.25) is 0 Å². The summed E-state index contributed by atoms with van der Waals surface area (Å²) in [5.41, 5.74) is 4.14. The Morgan fingerprint density at radius 3 is 2.59 bits per heavy atom. The number of hydrogen-bond donors (Lipinski definition) is 1. The largest absolute Gasteiger partial charge is 0.417 e. The molecule has 0 radical (unpaired) electrons. The molecule has 22 heavy (non-hydrogen) atoms. The lowest BCUT2D eigenvalue weighted by Gasteiger charge is -2.23. The predicted molar refractivity (Wildman–Crippen MR) is 78.5 cm³/mol. The number of halogens is 3. The van der Waals surface area contributed by atoms with Crippen molar-refractivity contribution in [3.8, 4) is 0 Å². The predicted octanol–water partition coefficient (Wildman–Crippen LogP) is 2.46. The monoisotopic (exact) mass is 315 g/mol. The van der Waals surface area contributed by atoms with Gasteiger partial charge in [0.05, 0.1) is 11.1 Å². The van der Waals surface area contributed by atoms with Gasteiger partial charge in [-0.2, -0.15) is 13.2 Å². The Balaban J connectivity index is 2.26. The molecule has 2 rings (SSSR count). The number of carbonyl (C=O) groups excluding carboxylic acids is 1. The van der Waals surface area contributed by atoms with Crippen LogP contribution in [0.3, 0.4) is 0 Å². The third-order valence-corrected chi connectivity index (χ3v) is 3.90. The number of anilines is 1. The van der Waals surface area contributed by atoms with E-state index in [-0.39, 0.29) is 11.3 Å². The first-order valence-electron chi connectivity index (χ1n) is 7.31. The molecule has 1 amide bonds. The van der Waals surface area contributed by atoms with Crippen molar-refractivity contribution in [2.45, 2.75) is 19.5 Å². The summed E-state index contributed by atoms with van der Waals surface area (Å²) in [4.78, 5) is 16.2. The summed E-state index contributed by atoms with van der Waals surface area (Å²) < 4.78 is 39.4. The van der Waals surface area contributed by atoms with E-state index in [1.54, 1.807) is 0 Å². The first-order chi connectivity index (χ1) is 10.3. The van der Waals surface area contributed by atoms with Gasteiger partial charge in [-0.1, -0.05) is 6.92 Å². The van der Waals surface area contributed by atoms with Gasteiger partial charge in [0, 0.05) is 25.3 Å². The topological polar surface area (TPSA) is 49.6 Å². The number of rotatable bonds is 2. The van der Waals surface area contributed by atoms with Crippen molar-refractivity contribution in [2.24, 2.45) is 0 Å². The summed E-state index contributed by atoms with van der Waals surface area (Å²) in [5, 5.41) is 0. The minimum atomic E-state index is -4.60. The maximum atomic E-state index is 13.1. The highest BCUT2D eigenvalue weighted by Crippen LogP contribution is 2.34. The summed E-state index contributed by atoms with van der Waals surface area (Å²) in [7, 11) is 0. The van der Waals surface area contributed by atoms with Crippen LogP contribution in [0.5, 0.6) is 0 Å². The van der Waals surface area contributed by atoms with E-state index in [0.29, 0.717) is 19.6 Å². The summed E-state index contributed by atoms with van der Waals surface area (Å²) in [6, 6.07) is 3.32. The number of benzene rings is 1. The minimum absolute atomic E-state index is 0.00287. The molecule has 122 valence electrons. The van der Waals surface area contributed by atoms with E-state index in [1.165, 1.54) is 17.0 Å². The van der Waals surface area contributed by atoms with Crippen LogP contribution in [0.1, 0.15) is 29.3 Å². The van der Waals surface area contributed by atoms with Crippen LogP contribution < -0.4 is 5.73 Å². The zero-order chi connectivity index (χ0) is 16.3. The van der Waals surface area contributed by atoms with Crippen LogP contribution in [-0.2, 0) is 6.18 Å². The third-order valence-electron chi connectivity index (χ3n) is 3.90. The minimum Gasteiger partial charge on any atom is -0.399 e. The van der Waals surface area contributed by atoms with Gasteiger partial charge in [-0.15, -0.1) is 0 Å². The lowest BCUT2D eigenvalue weighted by atomic mass is 10.0. The summed E-state index contributed by atoms with van der Waals surface area (Å²) in [6.07, 6.45) is -3.84.